The Morgan fingerprint density at radius 3 is 2.38 bits per heavy atom. The minimum atomic E-state index is -4.77. The average Bonchev–Trinajstić information content (AvgIpc) is 3.37. The van der Waals surface area contributed by atoms with Crippen molar-refractivity contribution >= 4 is 29.0 Å². The van der Waals surface area contributed by atoms with Crippen molar-refractivity contribution in [3.05, 3.63) is 83.9 Å². The van der Waals surface area contributed by atoms with E-state index in [-0.39, 0.29) is 5.75 Å². The van der Waals surface area contributed by atoms with Gasteiger partial charge in [-0.3, -0.25) is 5.43 Å². The van der Waals surface area contributed by atoms with Crippen LogP contribution in [0.2, 0.25) is 0 Å². The number of methoxy groups -OCH3 is 1. The summed E-state index contributed by atoms with van der Waals surface area (Å²) >= 11 is 5.43. The number of anilines is 2. The molecule has 0 aliphatic heterocycles. The van der Waals surface area contributed by atoms with Gasteiger partial charge in [0.05, 0.1) is 12.3 Å². The second kappa shape index (κ2) is 14.1. The fraction of sp³-hybridized carbons (Fsp3) is 0.276. The number of halogens is 3. The van der Waals surface area contributed by atoms with Crippen LogP contribution in [0.3, 0.4) is 0 Å². The number of hydrazine groups is 1. The molecule has 4 N–H and O–H groups in total. The second-order valence-electron chi connectivity index (χ2n) is 9.50. The SMILES string of the molecule is COCCNc1nc(-c2ccc(CNNC(=S)Nc3ccccc3C(C)C)cc2)nn1-c1ccc(OC(F)(F)F)cc1. The van der Waals surface area contributed by atoms with Crippen LogP contribution in [0.5, 0.6) is 5.75 Å². The molecule has 13 heteroatoms. The third-order valence-corrected chi connectivity index (χ3v) is 6.25. The molecule has 9 nitrogen and oxygen atoms in total. The average molecular weight is 600 g/mol. The molecule has 42 heavy (non-hydrogen) atoms. The van der Waals surface area contributed by atoms with Gasteiger partial charge in [-0.1, -0.05) is 56.3 Å². The van der Waals surface area contributed by atoms with Gasteiger partial charge in [-0.25, -0.2) is 5.43 Å². The Labute approximate surface area is 247 Å². The van der Waals surface area contributed by atoms with E-state index in [0.717, 1.165) is 16.8 Å². The van der Waals surface area contributed by atoms with Gasteiger partial charge < -0.3 is 20.1 Å². The summed E-state index contributed by atoms with van der Waals surface area (Å²) in [6.07, 6.45) is -4.77. The van der Waals surface area contributed by atoms with Crippen molar-refractivity contribution in [3.8, 4) is 22.8 Å². The number of hydrogen-bond acceptors (Lipinski definition) is 7. The minimum Gasteiger partial charge on any atom is -0.406 e. The number of benzene rings is 3. The van der Waals surface area contributed by atoms with Gasteiger partial charge in [0.25, 0.3) is 0 Å². The molecule has 0 unspecified atom stereocenters. The maximum Gasteiger partial charge on any atom is 0.573 e. The molecule has 3 aromatic carbocycles. The lowest BCUT2D eigenvalue weighted by atomic mass is 10.0. The first kappa shape index (κ1) is 30.8. The standard InChI is InChI=1S/C29H32F3N7O2S/c1-19(2)24-6-4-5-7-25(24)35-28(42)37-34-18-20-8-10-21(11-9-20)26-36-27(33-16-17-40-3)39(38-26)22-12-14-23(15-13-22)41-29(30,31)32/h4-15,19,34H,16-18H2,1-3H3,(H,33,36,38)(H2,35,37,42). The molecule has 0 saturated carbocycles. The summed E-state index contributed by atoms with van der Waals surface area (Å²) in [6.45, 7) is 5.66. The lowest BCUT2D eigenvalue weighted by molar-refractivity contribution is -0.274. The molecule has 0 amide bonds. The summed E-state index contributed by atoms with van der Waals surface area (Å²) in [6, 6.07) is 21.1. The van der Waals surface area contributed by atoms with Crippen molar-refractivity contribution in [2.24, 2.45) is 0 Å². The fourth-order valence-corrected chi connectivity index (χ4v) is 4.23. The van der Waals surface area contributed by atoms with E-state index < -0.39 is 6.36 Å². The molecule has 0 bridgehead atoms. The monoisotopic (exact) mass is 599 g/mol. The maximum absolute atomic E-state index is 12.6. The van der Waals surface area contributed by atoms with Crippen LogP contribution in [-0.2, 0) is 11.3 Å². The molecule has 1 heterocycles. The molecule has 0 spiro atoms. The predicted molar refractivity (Wildman–Crippen MR) is 161 cm³/mol. The lowest BCUT2D eigenvalue weighted by Crippen LogP contribution is -2.39. The van der Waals surface area contributed by atoms with E-state index >= 15 is 0 Å². The Balaban J connectivity index is 1.40. The summed E-state index contributed by atoms with van der Waals surface area (Å²) in [5.41, 5.74) is 10.5. The summed E-state index contributed by atoms with van der Waals surface area (Å²) < 4.78 is 48.3. The lowest BCUT2D eigenvalue weighted by Gasteiger charge is -2.16. The van der Waals surface area contributed by atoms with Gasteiger partial charge in [-0.2, -0.15) is 9.67 Å². The largest absolute Gasteiger partial charge is 0.573 e. The number of hydrogen-bond donors (Lipinski definition) is 4. The first-order valence-corrected chi connectivity index (χ1v) is 13.6. The van der Waals surface area contributed by atoms with Crippen LogP contribution in [0.4, 0.5) is 24.8 Å². The topological polar surface area (TPSA) is 97.3 Å². The van der Waals surface area contributed by atoms with Gasteiger partial charge in [0.1, 0.15) is 5.75 Å². The Hall–Kier alpha value is -4.20. The molecule has 4 rings (SSSR count). The fourth-order valence-electron chi connectivity index (χ4n) is 4.05. The Morgan fingerprint density at radius 2 is 1.71 bits per heavy atom. The number of para-hydroxylation sites is 1. The van der Waals surface area contributed by atoms with Gasteiger partial charge in [0, 0.05) is 31.5 Å². The van der Waals surface area contributed by atoms with E-state index in [4.69, 9.17) is 17.0 Å². The molecule has 1 aromatic heterocycles. The highest BCUT2D eigenvalue weighted by atomic mass is 32.1. The number of thiocarbonyl (C=S) groups is 1. The Bertz CT molecular complexity index is 1460. The molecule has 0 aliphatic rings. The van der Waals surface area contributed by atoms with Crippen LogP contribution < -0.4 is 26.2 Å². The van der Waals surface area contributed by atoms with Gasteiger partial charge in [0.15, 0.2) is 10.9 Å². The number of nitrogens with one attached hydrogen (secondary N) is 4. The third kappa shape index (κ3) is 8.65. The highest BCUT2D eigenvalue weighted by Crippen LogP contribution is 2.26. The summed E-state index contributed by atoms with van der Waals surface area (Å²) in [5.74, 6) is 0.898. The normalized spacial score (nSPS) is 11.4. The van der Waals surface area contributed by atoms with Crippen molar-refractivity contribution in [1.82, 2.24) is 25.6 Å². The van der Waals surface area contributed by atoms with Crippen molar-refractivity contribution in [2.45, 2.75) is 32.7 Å². The highest BCUT2D eigenvalue weighted by molar-refractivity contribution is 7.80. The molecule has 0 radical (unpaired) electrons. The van der Waals surface area contributed by atoms with E-state index in [1.54, 1.807) is 7.11 Å². The molecule has 222 valence electrons. The molecular formula is C29H32F3N7O2S. The van der Waals surface area contributed by atoms with E-state index in [1.807, 2.05) is 42.5 Å². The summed E-state index contributed by atoms with van der Waals surface area (Å²) in [4.78, 5) is 4.61. The number of aromatic nitrogens is 3. The number of nitrogens with zero attached hydrogens (tertiary/aromatic N) is 3. The maximum atomic E-state index is 12.6. The summed E-state index contributed by atoms with van der Waals surface area (Å²) in [5, 5.41) is 11.4. The Kier molecular flexibility index (Phi) is 10.3. The van der Waals surface area contributed by atoms with Crippen LogP contribution in [0, 0.1) is 0 Å². The zero-order chi connectivity index (χ0) is 30.1. The van der Waals surface area contributed by atoms with Crippen molar-refractivity contribution < 1.29 is 22.6 Å². The van der Waals surface area contributed by atoms with Crippen molar-refractivity contribution in [2.75, 3.05) is 30.9 Å². The number of ether oxygens (including phenoxy) is 2. The molecular weight excluding hydrogens is 567 g/mol. The molecule has 0 saturated heterocycles. The second-order valence-corrected chi connectivity index (χ2v) is 9.91. The molecule has 0 aliphatic carbocycles. The number of rotatable bonds is 12. The smallest absolute Gasteiger partial charge is 0.406 e. The van der Waals surface area contributed by atoms with Crippen LogP contribution in [0.15, 0.2) is 72.8 Å². The summed E-state index contributed by atoms with van der Waals surface area (Å²) in [7, 11) is 1.58. The first-order chi connectivity index (χ1) is 20.1. The van der Waals surface area contributed by atoms with Crippen molar-refractivity contribution in [3.63, 3.8) is 0 Å². The van der Waals surface area contributed by atoms with Crippen molar-refractivity contribution in [1.29, 1.82) is 0 Å². The molecule has 0 atom stereocenters. The quantitative estimate of drug-likeness (QED) is 0.0888. The van der Waals surface area contributed by atoms with E-state index in [1.165, 1.54) is 34.5 Å². The van der Waals surface area contributed by atoms with Crippen LogP contribution >= 0.6 is 12.2 Å². The zero-order valence-electron chi connectivity index (χ0n) is 23.3. The van der Waals surface area contributed by atoms with Gasteiger partial charge in [-0.15, -0.1) is 18.3 Å². The van der Waals surface area contributed by atoms with Crippen LogP contribution in [0.25, 0.3) is 17.1 Å². The van der Waals surface area contributed by atoms with Gasteiger partial charge in [-0.05, 0) is 59.6 Å². The predicted octanol–water partition coefficient (Wildman–Crippen LogP) is 6.01. The minimum absolute atomic E-state index is 0.323. The molecule has 4 aromatic rings. The van der Waals surface area contributed by atoms with Crippen LogP contribution in [-0.4, -0.2) is 46.5 Å². The van der Waals surface area contributed by atoms with Gasteiger partial charge >= 0.3 is 6.36 Å². The molecule has 0 fully saturated rings. The van der Waals surface area contributed by atoms with E-state index in [2.05, 4.69) is 56.2 Å². The first-order valence-electron chi connectivity index (χ1n) is 13.2. The third-order valence-electron chi connectivity index (χ3n) is 6.05. The Morgan fingerprint density at radius 1 is 1.00 bits per heavy atom. The van der Waals surface area contributed by atoms with Crippen LogP contribution in [0.1, 0.15) is 30.9 Å². The van der Waals surface area contributed by atoms with E-state index in [0.29, 0.717) is 48.2 Å². The van der Waals surface area contributed by atoms with Gasteiger partial charge in [0.2, 0.25) is 5.95 Å². The number of alkyl halides is 3. The zero-order valence-corrected chi connectivity index (χ0v) is 24.1. The highest BCUT2D eigenvalue weighted by Gasteiger charge is 2.31. The van der Waals surface area contributed by atoms with E-state index in [9.17, 15) is 13.2 Å².